The molecule has 0 bridgehead atoms. The molecule has 1 atom stereocenters. The molecule has 1 aliphatic carbocycles. The van der Waals surface area contributed by atoms with Gasteiger partial charge in [0.25, 0.3) is 0 Å². The van der Waals surface area contributed by atoms with E-state index in [4.69, 9.17) is 10.6 Å². The van der Waals surface area contributed by atoms with Crippen molar-refractivity contribution >= 4 is 0 Å². The molecule has 3 N–H and O–H groups in total. The van der Waals surface area contributed by atoms with Gasteiger partial charge in [-0.25, -0.2) is 0 Å². The molecular formula is C14H22N2O. The van der Waals surface area contributed by atoms with Crippen LogP contribution in [0.1, 0.15) is 44.2 Å². The van der Waals surface area contributed by atoms with Gasteiger partial charge in [0.15, 0.2) is 0 Å². The standard InChI is InChI=1S/C14H22N2O/c1-14(9-5-6-10-14)13(16-15)11-7-3-4-8-12(11)17-2/h3-4,7-8,13,16H,5-6,9-10,15H2,1-2H3. The number of methoxy groups -OCH3 is 1. The lowest BCUT2D eigenvalue weighted by atomic mass is 9.77. The predicted octanol–water partition coefficient (Wildman–Crippen LogP) is 2.78. The maximum absolute atomic E-state index is 5.79. The Morgan fingerprint density at radius 2 is 1.94 bits per heavy atom. The van der Waals surface area contributed by atoms with Crippen molar-refractivity contribution in [1.29, 1.82) is 0 Å². The molecule has 17 heavy (non-hydrogen) atoms. The molecule has 0 amide bonds. The van der Waals surface area contributed by atoms with Gasteiger partial charge in [-0.3, -0.25) is 11.3 Å². The molecule has 1 aromatic carbocycles. The van der Waals surface area contributed by atoms with Crippen LogP contribution in [0.15, 0.2) is 24.3 Å². The number of benzene rings is 1. The molecular weight excluding hydrogens is 212 g/mol. The second kappa shape index (κ2) is 5.07. The van der Waals surface area contributed by atoms with Gasteiger partial charge in [0.2, 0.25) is 0 Å². The van der Waals surface area contributed by atoms with Crippen LogP contribution in [0.2, 0.25) is 0 Å². The van der Waals surface area contributed by atoms with Gasteiger partial charge in [0.05, 0.1) is 13.2 Å². The van der Waals surface area contributed by atoms with Crippen LogP contribution in [-0.2, 0) is 0 Å². The largest absolute Gasteiger partial charge is 0.496 e. The van der Waals surface area contributed by atoms with Crippen molar-refractivity contribution in [3.05, 3.63) is 29.8 Å². The Bertz CT molecular complexity index is 372. The summed E-state index contributed by atoms with van der Waals surface area (Å²) in [6.45, 7) is 2.32. The van der Waals surface area contributed by atoms with E-state index in [9.17, 15) is 0 Å². The van der Waals surface area contributed by atoms with E-state index >= 15 is 0 Å². The van der Waals surface area contributed by atoms with Gasteiger partial charge in [-0.2, -0.15) is 0 Å². The predicted molar refractivity (Wildman–Crippen MR) is 69.6 cm³/mol. The number of hydrogen-bond donors (Lipinski definition) is 2. The molecule has 1 saturated carbocycles. The van der Waals surface area contributed by atoms with Crippen molar-refractivity contribution in [2.24, 2.45) is 11.3 Å². The Labute approximate surface area is 103 Å². The van der Waals surface area contributed by atoms with Crippen LogP contribution in [0.25, 0.3) is 0 Å². The molecule has 3 heteroatoms. The summed E-state index contributed by atoms with van der Waals surface area (Å²) in [6.07, 6.45) is 5.04. The molecule has 0 aliphatic heterocycles. The summed E-state index contributed by atoms with van der Waals surface area (Å²) < 4.78 is 5.44. The highest BCUT2D eigenvalue weighted by molar-refractivity contribution is 5.37. The van der Waals surface area contributed by atoms with Gasteiger partial charge >= 0.3 is 0 Å². The lowest BCUT2D eigenvalue weighted by Gasteiger charge is -2.34. The van der Waals surface area contributed by atoms with Crippen LogP contribution in [0, 0.1) is 5.41 Å². The normalized spacial score (nSPS) is 20.2. The first kappa shape index (κ1) is 12.4. The molecule has 3 nitrogen and oxygen atoms in total. The summed E-state index contributed by atoms with van der Waals surface area (Å²) in [5, 5.41) is 0. The zero-order valence-electron chi connectivity index (χ0n) is 10.7. The Hall–Kier alpha value is -1.06. The molecule has 0 spiro atoms. The highest BCUT2D eigenvalue weighted by atomic mass is 16.5. The molecule has 1 fully saturated rings. The zero-order chi connectivity index (χ0) is 12.3. The van der Waals surface area contributed by atoms with Gasteiger partial charge < -0.3 is 4.74 Å². The van der Waals surface area contributed by atoms with Crippen molar-refractivity contribution in [1.82, 2.24) is 5.43 Å². The second-order valence-electron chi connectivity index (χ2n) is 5.20. The smallest absolute Gasteiger partial charge is 0.123 e. The van der Waals surface area contributed by atoms with Crippen molar-refractivity contribution < 1.29 is 4.74 Å². The molecule has 1 aliphatic rings. The Morgan fingerprint density at radius 1 is 1.29 bits per heavy atom. The van der Waals surface area contributed by atoms with Crippen LogP contribution in [0.3, 0.4) is 0 Å². The Balaban J connectivity index is 2.34. The Kier molecular flexibility index (Phi) is 3.69. The number of hydrazine groups is 1. The van der Waals surface area contributed by atoms with E-state index < -0.39 is 0 Å². The minimum absolute atomic E-state index is 0.168. The monoisotopic (exact) mass is 234 g/mol. The summed E-state index contributed by atoms with van der Waals surface area (Å²) >= 11 is 0. The first-order valence-corrected chi connectivity index (χ1v) is 6.30. The number of ether oxygens (including phenoxy) is 1. The molecule has 0 saturated heterocycles. The Morgan fingerprint density at radius 3 is 2.53 bits per heavy atom. The third-order valence-electron chi connectivity index (χ3n) is 4.06. The summed E-state index contributed by atoms with van der Waals surface area (Å²) in [7, 11) is 1.71. The number of rotatable bonds is 4. The molecule has 1 aromatic rings. The van der Waals surface area contributed by atoms with E-state index in [1.54, 1.807) is 7.11 Å². The fourth-order valence-corrected chi connectivity index (χ4v) is 3.04. The van der Waals surface area contributed by atoms with Crippen molar-refractivity contribution in [3.63, 3.8) is 0 Å². The van der Waals surface area contributed by atoms with E-state index in [1.807, 2.05) is 18.2 Å². The summed E-state index contributed by atoms with van der Waals surface area (Å²) in [5.41, 5.74) is 4.40. The molecule has 0 heterocycles. The molecule has 94 valence electrons. The lowest BCUT2D eigenvalue weighted by molar-refractivity contribution is 0.220. The average molecular weight is 234 g/mol. The second-order valence-corrected chi connectivity index (χ2v) is 5.20. The molecule has 1 unspecified atom stereocenters. The van der Waals surface area contributed by atoms with Gasteiger partial charge in [-0.1, -0.05) is 38.0 Å². The summed E-state index contributed by atoms with van der Waals surface area (Å²) in [6, 6.07) is 8.30. The van der Waals surface area contributed by atoms with Crippen LogP contribution in [0.5, 0.6) is 5.75 Å². The minimum Gasteiger partial charge on any atom is -0.496 e. The van der Waals surface area contributed by atoms with Gasteiger partial charge in [0.1, 0.15) is 5.75 Å². The topological polar surface area (TPSA) is 47.3 Å². The minimum atomic E-state index is 0.168. The fraction of sp³-hybridized carbons (Fsp3) is 0.571. The lowest BCUT2D eigenvalue weighted by Crippen LogP contribution is -2.38. The molecule has 0 aromatic heterocycles. The number of para-hydroxylation sites is 1. The van der Waals surface area contributed by atoms with Gasteiger partial charge in [0, 0.05) is 5.56 Å². The van der Waals surface area contributed by atoms with Crippen molar-refractivity contribution in [2.75, 3.05) is 7.11 Å². The third kappa shape index (κ3) is 2.31. The summed E-state index contributed by atoms with van der Waals surface area (Å²) in [5.74, 6) is 6.71. The average Bonchev–Trinajstić information content (AvgIpc) is 2.78. The van der Waals surface area contributed by atoms with E-state index in [2.05, 4.69) is 18.4 Å². The third-order valence-corrected chi connectivity index (χ3v) is 4.06. The first-order valence-electron chi connectivity index (χ1n) is 6.30. The highest BCUT2D eigenvalue weighted by Gasteiger charge is 2.38. The highest BCUT2D eigenvalue weighted by Crippen LogP contribution is 2.48. The van der Waals surface area contributed by atoms with E-state index in [-0.39, 0.29) is 11.5 Å². The van der Waals surface area contributed by atoms with Crippen LogP contribution in [0.4, 0.5) is 0 Å². The van der Waals surface area contributed by atoms with Crippen molar-refractivity contribution in [2.45, 2.75) is 38.6 Å². The van der Waals surface area contributed by atoms with Gasteiger partial charge in [-0.15, -0.1) is 0 Å². The molecule has 0 radical (unpaired) electrons. The van der Waals surface area contributed by atoms with E-state index in [1.165, 1.54) is 31.2 Å². The zero-order valence-corrected chi connectivity index (χ0v) is 10.7. The van der Waals surface area contributed by atoms with Crippen LogP contribution in [-0.4, -0.2) is 7.11 Å². The van der Waals surface area contributed by atoms with E-state index in [0.717, 1.165) is 5.75 Å². The fourth-order valence-electron chi connectivity index (χ4n) is 3.04. The first-order chi connectivity index (χ1) is 8.21. The van der Waals surface area contributed by atoms with Crippen LogP contribution < -0.4 is 16.0 Å². The van der Waals surface area contributed by atoms with E-state index in [0.29, 0.717) is 0 Å². The summed E-state index contributed by atoms with van der Waals surface area (Å²) in [4.78, 5) is 0. The maximum atomic E-state index is 5.79. The quantitative estimate of drug-likeness (QED) is 0.622. The number of nitrogens with two attached hydrogens (primary N) is 1. The number of hydrogen-bond acceptors (Lipinski definition) is 3. The SMILES string of the molecule is COc1ccccc1C(NN)C1(C)CCCC1. The number of nitrogens with one attached hydrogen (secondary N) is 1. The maximum Gasteiger partial charge on any atom is 0.123 e. The van der Waals surface area contributed by atoms with Gasteiger partial charge in [-0.05, 0) is 24.3 Å². The van der Waals surface area contributed by atoms with Crippen molar-refractivity contribution in [3.8, 4) is 5.75 Å². The molecule has 2 rings (SSSR count). The van der Waals surface area contributed by atoms with Crippen LogP contribution >= 0.6 is 0 Å².